The molecule has 4 heterocycles. The van der Waals surface area contributed by atoms with Crippen LogP contribution in [0, 0.1) is 5.92 Å². The second-order valence-electron chi connectivity index (χ2n) is 6.68. The van der Waals surface area contributed by atoms with Gasteiger partial charge in [0.1, 0.15) is 12.1 Å². The summed E-state index contributed by atoms with van der Waals surface area (Å²) in [6.45, 7) is 3.69. The van der Waals surface area contributed by atoms with Crippen molar-refractivity contribution in [3.63, 3.8) is 0 Å². The van der Waals surface area contributed by atoms with Crippen molar-refractivity contribution in [2.75, 3.05) is 31.1 Å². The van der Waals surface area contributed by atoms with Crippen LogP contribution in [0.2, 0.25) is 0 Å². The molecular formula is C17H23N5OS. The summed E-state index contributed by atoms with van der Waals surface area (Å²) in [4.78, 5) is 23.4. The van der Waals surface area contributed by atoms with Gasteiger partial charge in [0.2, 0.25) is 5.91 Å². The van der Waals surface area contributed by atoms with Crippen LogP contribution in [-0.4, -0.2) is 48.1 Å². The fourth-order valence-electron chi connectivity index (χ4n) is 3.70. The molecule has 2 atom stereocenters. The van der Waals surface area contributed by atoms with E-state index < -0.39 is 0 Å². The van der Waals surface area contributed by atoms with Crippen LogP contribution in [-0.2, 0) is 4.79 Å². The molecule has 0 radical (unpaired) electrons. The van der Waals surface area contributed by atoms with Gasteiger partial charge in [0.15, 0.2) is 0 Å². The molecule has 2 saturated heterocycles. The molecular weight excluding hydrogens is 322 g/mol. The van der Waals surface area contributed by atoms with E-state index in [-0.39, 0.29) is 11.9 Å². The molecule has 2 aromatic rings. The van der Waals surface area contributed by atoms with E-state index in [1.54, 1.807) is 17.7 Å². The summed E-state index contributed by atoms with van der Waals surface area (Å²) in [5.74, 6) is 1.69. The first-order valence-corrected chi connectivity index (χ1v) is 9.63. The number of carbonyl (C=O) groups is 1. The van der Waals surface area contributed by atoms with E-state index in [2.05, 4.69) is 30.9 Å². The van der Waals surface area contributed by atoms with Crippen molar-refractivity contribution in [1.29, 1.82) is 0 Å². The zero-order valence-corrected chi connectivity index (χ0v) is 14.5. The van der Waals surface area contributed by atoms with Gasteiger partial charge in [-0.25, -0.2) is 9.97 Å². The molecule has 2 aliphatic rings. The number of aromatic nitrogens is 2. The molecule has 7 heteroatoms. The standard InChI is InChI=1S/C17H23N5OS/c23-17(14-4-1-6-18-14)19-9-12-3-2-7-22(10-12)16-15-13(5-8-24-15)20-11-21-16/h5,8,11-12,14,18H,1-4,6-7,9-10H2,(H,19,23). The molecule has 4 rings (SSSR count). The second-order valence-corrected chi connectivity index (χ2v) is 7.60. The SMILES string of the molecule is O=C(NCC1CCCN(c2ncnc3ccsc23)C1)C1CCCN1. The molecule has 128 valence electrons. The van der Waals surface area contributed by atoms with Gasteiger partial charge < -0.3 is 15.5 Å². The number of rotatable bonds is 4. The molecule has 0 bridgehead atoms. The molecule has 6 nitrogen and oxygen atoms in total. The third-order valence-electron chi connectivity index (χ3n) is 4.98. The van der Waals surface area contributed by atoms with Crippen LogP contribution < -0.4 is 15.5 Å². The molecule has 0 aliphatic carbocycles. The Hall–Kier alpha value is -1.73. The number of hydrogen-bond donors (Lipinski definition) is 2. The van der Waals surface area contributed by atoms with Crippen molar-refractivity contribution < 1.29 is 4.79 Å². The molecule has 2 unspecified atom stereocenters. The first kappa shape index (κ1) is 15.8. The predicted octanol–water partition coefficient (Wildman–Crippen LogP) is 1.78. The number of anilines is 1. The summed E-state index contributed by atoms with van der Waals surface area (Å²) in [5.41, 5.74) is 1.02. The van der Waals surface area contributed by atoms with Gasteiger partial charge in [-0.1, -0.05) is 0 Å². The summed E-state index contributed by atoms with van der Waals surface area (Å²) < 4.78 is 1.16. The lowest BCUT2D eigenvalue weighted by Gasteiger charge is -2.34. The average Bonchev–Trinajstić information content (AvgIpc) is 3.30. The smallest absolute Gasteiger partial charge is 0.237 e. The fraction of sp³-hybridized carbons (Fsp3) is 0.588. The third-order valence-corrected chi connectivity index (χ3v) is 5.88. The molecule has 2 fully saturated rings. The lowest BCUT2D eigenvalue weighted by molar-refractivity contribution is -0.122. The molecule has 1 amide bonds. The van der Waals surface area contributed by atoms with Crippen LogP contribution in [0.15, 0.2) is 17.8 Å². The van der Waals surface area contributed by atoms with Gasteiger partial charge in [0.25, 0.3) is 0 Å². The average molecular weight is 345 g/mol. The van der Waals surface area contributed by atoms with Crippen molar-refractivity contribution in [3.05, 3.63) is 17.8 Å². The van der Waals surface area contributed by atoms with Crippen LogP contribution in [0.4, 0.5) is 5.82 Å². The number of amides is 1. The fourth-order valence-corrected chi connectivity index (χ4v) is 4.56. The number of nitrogens with zero attached hydrogens (tertiary/aromatic N) is 3. The van der Waals surface area contributed by atoms with Gasteiger partial charge in [0.05, 0.1) is 16.3 Å². The molecule has 0 saturated carbocycles. The van der Waals surface area contributed by atoms with Crippen molar-refractivity contribution in [1.82, 2.24) is 20.6 Å². The number of fused-ring (bicyclic) bond motifs is 1. The number of thiophene rings is 1. The maximum atomic E-state index is 12.2. The van der Waals surface area contributed by atoms with Crippen LogP contribution >= 0.6 is 11.3 Å². The van der Waals surface area contributed by atoms with Gasteiger partial charge in [-0.3, -0.25) is 4.79 Å². The predicted molar refractivity (Wildman–Crippen MR) is 96.4 cm³/mol. The lowest BCUT2D eigenvalue weighted by Crippen LogP contribution is -2.45. The first-order chi connectivity index (χ1) is 11.8. The quantitative estimate of drug-likeness (QED) is 0.884. The largest absolute Gasteiger partial charge is 0.355 e. The highest BCUT2D eigenvalue weighted by Gasteiger charge is 2.25. The molecule has 2 aromatic heterocycles. The monoisotopic (exact) mass is 345 g/mol. The van der Waals surface area contributed by atoms with Crippen molar-refractivity contribution in [3.8, 4) is 0 Å². The van der Waals surface area contributed by atoms with E-state index in [0.29, 0.717) is 5.92 Å². The second kappa shape index (κ2) is 7.03. The van der Waals surface area contributed by atoms with Crippen LogP contribution in [0.1, 0.15) is 25.7 Å². The Kier molecular flexibility index (Phi) is 4.62. The Morgan fingerprint density at radius 2 is 2.33 bits per heavy atom. The number of nitrogens with one attached hydrogen (secondary N) is 2. The molecule has 2 aliphatic heterocycles. The van der Waals surface area contributed by atoms with E-state index in [4.69, 9.17) is 0 Å². The minimum Gasteiger partial charge on any atom is -0.355 e. The third kappa shape index (κ3) is 3.23. The van der Waals surface area contributed by atoms with Gasteiger partial charge in [-0.05, 0) is 49.6 Å². The highest BCUT2D eigenvalue weighted by Crippen LogP contribution is 2.30. The van der Waals surface area contributed by atoms with E-state index in [1.165, 1.54) is 0 Å². The minimum absolute atomic E-state index is 0.0114. The normalized spacial score (nSPS) is 24.4. The summed E-state index contributed by atoms with van der Waals surface area (Å²) in [6, 6.07) is 2.05. The summed E-state index contributed by atoms with van der Waals surface area (Å²) in [6.07, 6.45) is 6.01. The topological polar surface area (TPSA) is 70.2 Å². The van der Waals surface area contributed by atoms with Crippen LogP contribution in [0.25, 0.3) is 10.2 Å². The van der Waals surface area contributed by atoms with Crippen molar-refractivity contribution >= 4 is 33.3 Å². The van der Waals surface area contributed by atoms with Crippen LogP contribution in [0.5, 0.6) is 0 Å². The molecule has 0 aromatic carbocycles. The number of hydrogen-bond acceptors (Lipinski definition) is 6. The number of carbonyl (C=O) groups excluding carboxylic acids is 1. The molecule has 2 N–H and O–H groups in total. The summed E-state index contributed by atoms with van der Waals surface area (Å²) in [7, 11) is 0. The van der Waals surface area contributed by atoms with Crippen molar-refractivity contribution in [2.24, 2.45) is 5.92 Å². The lowest BCUT2D eigenvalue weighted by atomic mass is 9.98. The number of piperidine rings is 1. The van der Waals surface area contributed by atoms with E-state index in [9.17, 15) is 4.79 Å². The Morgan fingerprint density at radius 3 is 3.21 bits per heavy atom. The van der Waals surface area contributed by atoms with Gasteiger partial charge in [-0.2, -0.15) is 0 Å². The van der Waals surface area contributed by atoms with E-state index in [1.807, 2.05) is 6.07 Å². The summed E-state index contributed by atoms with van der Waals surface area (Å²) in [5, 5.41) is 8.47. The Morgan fingerprint density at radius 1 is 1.38 bits per heavy atom. The summed E-state index contributed by atoms with van der Waals surface area (Å²) >= 11 is 1.70. The van der Waals surface area contributed by atoms with Crippen molar-refractivity contribution in [2.45, 2.75) is 31.7 Å². The Bertz CT molecular complexity index is 712. The minimum atomic E-state index is 0.0114. The highest BCUT2D eigenvalue weighted by atomic mass is 32.1. The zero-order chi connectivity index (χ0) is 16.4. The van der Waals surface area contributed by atoms with Gasteiger partial charge in [0, 0.05) is 19.6 Å². The Balaban J connectivity index is 1.38. The maximum absolute atomic E-state index is 12.2. The maximum Gasteiger partial charge on any atom is 0.237 e. The zero-order valence-electron chi connectivity index (χ0n) is 13.7. The van der Waals surface area contributed by atoms with Crippen LogP contribution in [0.3, 0.4) is 0 Å². The van der Waals surface area contributed by atoms with Gasteiger partial charge in [-0.15, -0.1) is 11.3 Å². The van der Waals surface area contributed by atoms with E-state index >= 15 is 0 Å². The first-order valence-electron chi connectivity index (χ1n) is 8.75. The highest BCUT2D eigenvalue weighted by molar-refractivity contribution is 7.17. The van der Waals surface area contributed by atoms with Gasteiger partial charge >= 0.3 is 0 Å². The van der Waals surface area contributed by atoms with E-state index in [0.717, 1.165) is 67.9 Å². The Labute approximate surface area is 145 Å². The molecule has 0 spiro atoms. The molecule has 24 heavy (non-hydrogen) atoms.